The van der Waals surface area contributed by atoms with Gasteiger partial charge in [0, 0.05) is 22.3 Å². The highest BCUT2D eigenvalue weighted by atomic mass is 32.1. The van der Waals surface area contributed by atoms with Crippen molar-refractivity contribution in [2.75, 3.05) is 13.2 Å². The molecule has 0 radical (unpaired) electrons. The van der Waals surface area contributed by atoms with Crippen LogP contribution in [0.25, 0.3) is 0 Å². The first-order chi connectivity index (χ1) is 7.84. The maximum atomic E-state index is 10.3. The Balaban J connectivity index is 1.80. The van der Waals surface area contributed by atoms with Crippen LogP contribution in [0.4, 0.5) is 0 Å². The average Bonchev–Trinajstić information content (AvgIpc) is 2.97. The Morgan fingerprint density at radius 3 is 3.00 bits per heavy atom. The van der Waals surface area contributed by atoms with Crippen LogP contribution in [0.3, 0.4) is 0 Å². The molecule has 16 heavy (non-hydrogen) atoms. The van der Waals surface area contributed by atoms with E-state index in [1.807, 2.05) is 11.3 Å². The van der Waals surface area contributed by atoms with Gasteiger partial charge in [-0.2, -0.15) is 0 Å². The number of ether oxygens (including phenoxy) is 1. The summed E-state index contributed by atoms with van der Waals surface area (Å²) in [5.41, 5.74) is 1.49. The van der Waals surface area contributed by atoms with Crippen LogP contribution in [-0.2, 0) is 17.6 Å². The van der Waals surface area contributed by atoms with E-state index in [1.165, 1.54) is 41.0 Å². The lowest BCUT2D eigenvalue weighted by molar-refractivity contribution is 0.0944. The fourth-order valence-electron chi connectivity index (χ4n) is 2.69. The molecule has 2 heterocycles. The molecule has 1 N–H and O–H groups in total. The Labute approximate surface area is 100 Å². The predicted molar refractivity (Wildman–Crippen MR) is 64.8 cm³/mol. The Morgan fingerprint density at radius 2 is 2.25 bits per heavy atom. The molecule has 1 aliphatic carbocycles. The zero-order valence-corrected chi connectivity index (χ0v) is 10.3. The van der Waals surface area contributed by atoms with Crippen LogP contribution in [0.1, 0.15) is 40.7 Å². The number of rotatable bonds is 2. The molecule has 1 fully saturated rings. The minimum absolute atomic E-state index is 0.293. The zero-order chi connectivity index (χ0) is 11.0. The summed E-state index contributed by atoms with van der Waals surface area (Å²) >= 11 is 1.82. The van der Waals surface area contributed by atoms with Gasteiger partial charge in [-0.3, -0.25) is 0 Å². The van der Waals surface area contributed by atoms with Crippen molar-refractivity contribution in [2.24, 2.45) is 5.92 Å². The quantitative estimate of drug-likeness (QED) is 0.858. The fraction of sp³-hybridized carbons (Fsp3) is 0.692. The number of hydrogen-bond donors (Lipinski definition) is 1. The Bertz CT molecular complexity index is 343. The molecule has 1 aromatic rings. The van der Waals surface area contributed by atoms with Crippen molar-refractivity contribution in [2.45, 2.75) is 38.2 Å². The van der Waals surface area contributed by atoms with Crippen LogP contribution in [0.15, 0.2) is 6.07 Å². The number of aliphatic hydroxyl groups is 1. The molecule has 0 spiro atoms. The summed E-state index contributed by atoms with van der Waals surface area (Å²) in [6, 6.07) is 2.24. The SMILES string of the molecule is OC(c1cc2c(s1)CCCC2)C1CCOC1. The van der Waals surface area contributed by atoms with Crippen LogP contribution in [0.5, 0.6) is 0 Å². The Morgan fingerprint density at radius 1 is 1.38 bits per heavy atom. The largest absolute Gasteiger partial charge is 0.387 e. The molecule has 0 bridgehead atoms. The van der Waals surface area contributed by atoms with Crippen molar-refractivity contribution in [1.82, 2.24) is 0 Å². The predicted octanol–water partition coefficient (Wildman–Crippen LogP) is 2.70. The highest BCUT2D eigenvalue weighted by Crippen LogP contribution is 2.37. The topological polar surface area (TPSA) is 29.5 Å². The number of aliphatic hydroxyl groups excluding tert-OH is 1. The summed E-state index contributed by atoms with van der Waals surface area (Å²) in [7, 11) is 0. The minimum Gasteiger partial charge on any atom is -0.387 e. The van der Waals surface area contributed by atoms with Crippen molar-refractivity contribution >= 4 is 11.3 Å². The summed E-state index contributed by atoms with van der Waals surface area (Å²) in [5, 5.41) is 10.3. The normalized spacial score (nSPS) is 26.7. The molecule has 88 valence electrons. The van der Waals surface area contributed by atoms with Crippen LogP contribution >= 0.6 is 11.3 Å². The summed E-state index contributed by atoms with van der Waals surface area (Å²) < 4.78 is 5.35. The van der Waals surface area contributed by atoms with E-state index in [2.05, 4.69) is 6.07 Å². The van der Waals surface area contributed by atoms with Gasteiger partial charge in [-0.25, -0.2) is 0 Å². The first kappa shape index (κ1) is 10.8. The third-order valence-corrected chi connectivity index (χ3v) is 5.03. The van der Waals surface area contributed by atoms with Crippen LogP contribution in [0.2, 0.25) is 0 Å². The lowest BCUT2D eigenvalue weighted by Gasteiger charge is -2.14. The van der Waals surface area contributed by atoms with E-state index in [1.54, 1.807) is 0 Å². The highest BCUT2D eigenvalue weighted by Gasteiger charge is 2.27. The van der Waals surface area contributed by atoms with Gasteiger partial charge in [0.15, 0.2) is 0 Å². The van der Waals surface area contributed by atoms with Crippen LogP contribution in [0, 0.1) is 5.92 Å². The lowest BCUT2D eigenvalue weighted by atomic mass is 9.96. The minimum atomic E-state index is -0.293. The molecule has 3 rings (SSSR count). The molecule has 1 aliphatic heterocycles. The van der Waals surface area contributed by atoms with Crippen molar-refractivity contribution < 1.29 is 9.84 Å². The number of hydrogen-bond acceptors (Lipinski definition) is 3. The number of thiophene rings is 1. The zero-order valence-electron chi connectivity index (χ0n) is 9.45. The van der Waals surface area contributed by atoms with Crippen molar-refractivity contribution in [1.29, 1.82) is 0 Å². The fourth-order valence-corrected chi connectivity index (χ4v) is 4.03. The summed E-state index contributed by atoms with van der Waals surface area (Å²) in [4.78, 5) is 2.68. The molecule has 1 saturated heterocycles. The van der Waals surface area contributed by atoms with Gasteiger partial charge in [0.1, 0.15) is 0 Å². The van der Waals surface area contributed by atoms with E-state index >= 15 is 0 Å². The average molecular weight is 238 g/mol. The van der Waals surface area contributed by atoms with Gasteiger partial charge in [-0.1, -0.05) is 0 Å². The van der Waals surface area contributed by atoms with Crippen molar-refractivity contribution in [3.8, 4) is 0 Å². The maximum absolute atomic E-state index is 10.3. The summed E-state index contributed by atoms with van der Waals surface area (Å²) in [5.74, 6) is 0.320. The molecule has 2 atom stereocenters. The van der Waals surface area contributed by atoms with Crippen LogP contribution < -0.4 is 0 Å². The summed E-state index contributed by atoms with van der Waals surface area (Å²) in [6.07, 6.45) is 5.76. The maximum Gasteiger partial charge on any atom is 0.0933 e. The summed E-state index contributed by atoms with van der Waals surface area (Å²) in [6.45, 7) is 1.54. The lowest BCUT2D eigenvalue weighted by Crippen LogP contribution is -2.10. The third kappa shape index (κ3) is 1.92. The van der Waals surface area contributed by atoms with Gasteiger partial charge < -0.3 is 9.84 Å². The molecular weight excluding hydrogens is 220 g/mol. The number of fused-ring (bicyclic) bond motifs is 1. The number of aryl methyl sites for hydroxylation is 2. The molecule has 0 saturated carbocycles. The molecule has 2 unspecified atom stereocenters. The second-order valence-electron chi connectivity index (χ2n) is 4.87. The first-order valence-corrected chi connectivity index (χ1v) is 7.03. The first-order valence-electron chi connectivity index (χ1n) is 6.22. The van der Waals surface area contributed by atoms with Gasteiger partial charge >= 0.3 is 0 Å². The molecule has 2 nitrogen and oxygen atoms in total. The molecule has 2 aliphatic rings. The van der Waals surface area contributed by atoms with E-state index in [-0.39, 0.29) is 6.10 Å². The van der Waals surface area contributed by atoms with E-state index in [9.17, 15) is 5.11 Å². The van der Waals surface area contributed by atoms with Crippen LogP contribution in [-0.4, -0.2) is 18.3 Å². The van der Waals surface area contributed by atoms with Crippen molar-refractivity contribution in [3.63, 3.8) is 0 Å². The van der Waals surface area contributed by atoms with Gasteiger partial charge in [0.05, 0.1) is 12.7 Å². The third-order valence-electron chi connectivity index (χ3n) is 3.72. The van der Waals surface area contributed by atoms with Gasteiger partial charge in [-0.05, 0) is 43.7 Å². The molecule has 0 amide bonds. The van der Waals surface area contributed by atoms with Crippen molar-refractivity contribution in [3.05, 3.63) is 21.4 Å². The Hall–Kier alpha value is -0.380. The smallest absolute Gasteiger partial charge is 0.0933 e. The molecule has 3 heteroatoms. The van der Waals surface area contributed by atoms with E-state index in [0.29, 0.717) is 5.92 Å². The second-order valence-corrected chi connectivity index (χ2v) is 6.04. The highest BCUT2D eigenvalue weighted by molar-refractivity contribution is 7.12. The molecular formula is C13H18O2S. The Kier molecular flexibility index (Phi) is 3.01. The van der Waals surface area contributed by atoms with E-state index in [0.717, 1.165) is 19.6 Å². The standard InChI is InChI=1S/C13H18O2S/c14-13(10-5-6-15-8-10)12-7-9-3-1-2-4-11(9)16-12/h7,10,13-14H,1-6,8H2. The second kappa shape index (κ2) is 4.47. The monoisotopic (exact) mass is 238 g/mol. The van der Waals surface area contributed by atoms with E-state index < -0.39 is 0 Å². The van der Waals surface area contributed by atoms with Gasteiger partial charge in [-0.15, -0.1) is 11.3 Å². The van der Waals surface area contributed by atoms with E-state index in [4.69, 9.17) is 4.74 Å². The molecule has 0 aromatic carbocycles. The molecule has 1 aromatic heterocycles. The van der Waals surface area contributed by atoms with Gasteiger partial charge in [0.25, 0.3) is 0 Å². The van der Waals surface area contributed by atoms with Gasteiger partial charge in [0.2, 0.25) is 0 Å².